The third kappa shape index (κ3) is 6.06. The van der Waals surface area contributed by atoms with Crippen LogP contribution in [0.15, 0.2) is 182 Å². The summed E-state index contributed by atoms with van der Waals surface area (Å²) in [4.78, 5) is 4.51. The molecule has 7 rings (SSSR count). The van der Waals surface area contributed by atoms with Crippen LogP contribution >= 0.6 is 11.6 Å². The van der Waals surface area contributed by atoms with Gasteiger partial charge in [-0.1, -0.05) is 133 Å². The number of hydrogen-bond acceptors (Lipinski definition) is 2. The Balaban J connectivity index is 1.36. The second-order valence-electron chi connectivity index (χ2n) is 11.1. The summed E-state index contributed by atoms with van der Waals surface area (Å²) in [5, 5.41) is 0.681. The fourth-order valence-corrected chi connectivity index (χ4v) is 6.21. The molecular formula is C42H33ClN2. The number of para-hydroxylation sites is 1. The SMILES string of the molecule is Clc1c(N(C2=CCCC=C2)c2ccccc2)cccc1N(c1ccc(-c2ccccc2)cc1)c1ccc(-c2ccccc2)cc1. The average Bonchev–Trinajstić information content (AvgIpc) is 3.12. The molecule has 0 saturated heterocycles. The number of nitrogens with zero attached hydrogens (tertiary/aromatic N) is 2. The van der Waals surface area contributed by atoms with Crippen LogP contribution < -0.4 is 9.80 Å². The maximum Gasteiger partial charge on any atom is 0.0887 e. The molecule has 0 aliphatic heterocycles. The normalized spacial score (nSPS) is 12.4. The molecule has 0 unspecified atom stereocenters. The number of benzene rings is 6. The third-order valence-corrected chi connectivity index (χ3v) is 8.54. The molecule has 3 heteroatoms. The lowest BCUT2D eigenvalue weighted by Gasteiger charge is -2.32. The van der Waals surface area contributed by atoms with E-state index in [9.17, 15) is 0 Å². The molecule has 45 heavy (non-hydrogen) atoms. The van der Waals surface area contributed by atoms with E-state index in [1.807, 2.05) is 18.2 Å². The number of halogens is 1. The Morgan fingerprint density at radius 2 is 0.844 bits per heavy atom. The molecule has 1 aliphatic carbocycles. The largest absolute Gasteiger partial charge is 0.309 e. The van der Waals surface area contributed by atoms with Crippen molar-refractivity contribution in [2.45, 2.75) is 12.8 Å². The molecule has 0 aromatic heterocycles. The highest BCUT2D eigenvalue weighted by Gasteiger charge is 2.23. The Kier molecular flexibility index (Phi) is 8.31. The first kappa shape index (κ1) is 28.5. The molecule has 2 nitrogen and oxygen atoms in total. The molecule has 0 spiro atoms. The van der Waals surface area contributed by atoms with E-state index >= 15 is 0 Å². The lowest BCUT2D eigenvalue weighted by Crippen LogP contribution is -2.18. The van der Waals surface area contributed by atoms with Crippen molar-refractivity contribution in [3.63, 3.8) is 0 Å². The first-order valence-electron chi connectivity index (χ1n) is 15.4. The van der Waals surface area contributed by atoms with Crippen LogP contribution in [0.3, 0.4) is 0 Å². The van der Waals surface area contributed by atoms with Crippen LogP contribution in [-0.4, -0.2) is 0 Å². The molecule has 0 heterocycles. The molecule has 218 valence electrons. The Morgan fingerprint density at radius 3 is 1.33 bits per heavy atom. The lowest BCUT2D eigenvalue weighted by molar-refractivity contribution is 0.997. The van der Waals surface area contributed by atoms with Crippen molar-refractivity contribution in [3.05, 3.63) is 187 Å². The van der Waals surface area contributed by atoms with Crippen LogP contribution in [-0.2, 0) is 0 Å². The van der Waals surface area contributed by atoms with Gasteiger partial charge in [0.2, 0.25) is 0 Å². The monoisotopic (exact) mass is 600 g/mol. The Labute approximate surface area is 270 Å². The summed E-state index contributed by atoms with van der Waals surface area (Å²) in [5.41, 5.74) is 10.8. The summed E-state index contributed by atoms with van der Waals surface area (Å²) in [7, 11) is 0. The minimum Gasteiger partial charge on any atom is -0.309 e. The van der Waals surface area contributed by atoms with Crippen molar-refractivity contribution in [3.8, 4) is 22.3 Å². The fourth-order valence-electron chi connectivity index (χ4n) is 5.92. The van der Waals surface area contributed by atoms with E-state index in [0.717, 1.165) is 47.0 Å². The third-order valence-electron chi connectivity index (χ3n) is 8.15. The predicted octanol–water partition coefficient (Wildman–Crippen LogP) is 12.5. The van der Waals surface area contributed by atoms with Gasteiger partial charge in [0.25, 0.3) is 0 Å². The number of rotatable bonds is 8. The number of hydrogen-bond donors (Lipinski definition) is 0. The van der Waals surface area contributed by atoms with E-state index in [2.05, 4.69) is 168 Å². The van der Waals surface area contributed by atoms with Crippen molar-refractivity contribution in [1.82, 2.24) is 0 Å². The first-order valence-corrected chi connectivity index (χ1v) is 15.8. The fraction of sp³-hybridized carbons (Fsp3) is 0.0476. The quantitative estimate of drug-likeness (QED) is 0.171. The Bertz CT molecular complexity index is 1850. The van der Waals surface area contributed by atoms with Gasteiger partial charge >= 0.3 is 0 Å². The molecule has 0 bridgehead atoms. The summed E-state index contributed by atoms with van der Waals surface area (Å²) in [6.45, 7) is 0. The summed E-state index contributed by atoms with van der Waals surface area (Å²) in [5.74, 6) is 0. The van der Waals surface area contributed by atoms with Gasteiger partial charge in [-0.25, -0.2) is 0 Å². The van der Waals surface area contributed by atoms with Gasteiger partial charge in [-0.3, -0.25) is 0 Å². The predicted molar refractivity (Wildman–Crippen MR) is 192 cm³/mol. The maximum atomic E-state index is 7.49. The van der Waals surface area contributed by atoms with E-state index in [1.165, 1.54) is 22.3 Å². The van der Waals surface area contributed by atoms with E-state index in [4.69, 9.17) is 11.6 Å². The van der Waals surface area contributed by atoms with E-state index in [-0.39, 0.29) is 0 Å². The number of anilines is 5. The summed E-state index contributed by atoms with van der Waals surface area (Å²) < 4.78 is 0. The van der Waals surface area contributed by atoms with Gasteiger partial charge < -0.3 is 9.80 Å². The summed E-state index contributed by atoms with van der Waals surface area (Å²) in [6.07, 6.45) is 8.77. The highest BCUT2D eigenvalue weighted by molar-refractivity contribution is 6.36. The second-order valence-corrected chi connectivity index (χ2v) is 11.4. The Morgan fingerprint density at radius 1 is 0.400 bits per heavy atom. The summed E-state index contributed by atoms with van der Waals surface area (Å²) >= 11 is 7.49. The average molecular weight is 601 g/mol. The molecule has 6 aromatic rings. The molecule has 6 aromatic carbocycles. The lowest BCUT2D eigenvalue weighted by atomic mass is 10.0. The van der Waals surface area contributed by atoms with Crippen molar-refractivity contribution < 1.29 is 0 Å². The van der Waals surface area contributed by atoms with E-state index in [0.29, 0.717) is 5.02 Å². The van der Waals surface area contributed by atoms with Gasteiger partial charge in [0.1, 0.15) is 0 Å². The molecule has 0 radical (unpaired) electrons. The van der Waals surface area contributed by atoms with Gasteiger partial charge in [-0.2, -0.15) is 0 Å². The van der Waals surface area contributed by atoms with Crippen LogP contribution in [0.1, 0.15) is 12.8 Å². The van der Waals surface area contributed by atoms with Gasteiger partial charge in [-0.05, 0) is 89.7 Å². The molecule has 0 N–H and O–H groups in total. The van der Waals surface area contributed by atoms with Gasteiger partial charge in [-0.15, -0.1) is 0 Å². The highest BCUT2D eigenvalue weighted by atomic mass is 35.5. The van der Waals surface area contributed by atoms with Crippen LogP contribution in [0, 0.1) is 0 Å². The zero-order valence-corrected chi connectivity index (χ0v) is 25.7. The van der Waals surface area contributed by atoms with Crippen LogP contribution in [0.5, 0.6) is 0 Å². The molecular weight excluding hydrogens is 568 g/mol. The molecule has 0 amide bonds. The number of allylic oxidation sites excluding steroid dienone is 3. The van der Waals surface area contributed by atoms with Gasteiger partial charge in [0, 0.05) is 22.8 Å². The van der Waals surface area contributed by atoms with E-state index in [1.54, 1.807) is 0 Å². The van der Waals surface area contributed by atoms with Crippen molar-refractivity contribution in [2.75, 3.05) is 9.80 Å². The van der Waals surface area contributed by atoms with Gasteiger partial charge in [0.15, 0.2) is 0 Å². The first-order chi connectivity index (χ1) is 22.3. The van der Waals surface area contributed by atoms with Crippen LogP contribution in [0.4, 0.5) is 28.4 Å². The van der Waals surface area contributed by atoms with Gasteiger partial charge in [0.05, 0.1) is 16.4 Å². The summed E-state index contributed by atoms with van der Waals surface area (Å²) in [6, 6.07) is 55.2. The van der Waals surface area contributed by atoms with Crippen LogP contribution in [0.25, 0.3) is 22.3 Å². The zero-order chi connectivity index (χ0) is 30.4. The maximum absolute atomic E-state index is 7.49. The minimum absolute atomic E-state index is 0.681. The molecule has 1 aliphatic rings. The Hall–Kier alpha value is -5.31. The molecule has 0 saturated carbocycles. The minimum atomic E-state index is 0.681. The topological polar surface area (TPSA) is 6.48 Å². The van der Waals surface area contributed by atoms with Crippen LogP contribution in [0.2, 0.25) is 5.02 Å². The molecule has 0 fully saturated rings. The molecule has 0 atom stereocenters. The smallest absolute Gasteiger partial charge is 0.0887 e. The zero-order valence-electron chi connectivity index (χ0n) is 24.9. The van der Waals surface area contributed by atoms with E-state index < -0.39 is 0 Å². The second kappa shape index (κ2) is 13.1. The van der Waals surface area contributed by atoms with Crippen molar-refractivity contribution >= 4 is 40.0 Å². The highest BCUT2D eigenvalue weighted by Crippen LogP contribution is 2.46. The van der Waals surface area contributed by atoms with Crippen molar-refractivity contribution in [2.24, 2.45) is 0 Å². The standard InChI is InChI=1S/C42H33ClN2/c43-42-40(44(36-18-9-3-10-19-36)37-20-11-4-12-21-37)22-13-23-41(42)45(38-28-24-34(25-29-38)32-14-5-1-6-15-32)39-30-26-35(27-31-39)33-16-7-2-8-17-33/h1-3,5-11,13-31H,4,12H2. The van der Waals surface area contributed by atoms with Crippen molar-refractivity contribution in [1.29, 1.82) is 0 Å².